The van der Waals surface area contributed by atoms with Gasteiger partial charge in [-0.2, -0.15) is 0 Å². The number of hydrogen-bond donors (Lipinski definition) is 0. The van der Waals surface area contributed by atoms with E-state index in [1.165, 1.54) is 51.4 Å². The molecule has 0 aliphatic heterocycles. The first-order chi connectivity index (χ1) is 29.0. The lowest BCUT2D eigenvalue weighted by Crippen LogP contribution is -2.30. The van der Waals surface area contributed by atoms with Gasteiger partial charge in [0.2, 0.25) is 0 Å². The van der Waals surface area contributed by atoms with Crippen LogP contribution in [0, 0.1) is 0 Å². The molecule has 0 fully saturated rings. The minimum absolute atomic E-state index is 0.110. The predicted octanol–water partition coefficient (Wildman–Crippen LogP) is 15.4. The Balaban J connectivity index is 4.50. The molecule has 0 rings (SSSR count). The number of unbranched alkanes of at least 4 members (excludes halogenated alkanes) is 14. The van der Waals surface area contributed by atoms with Crippen LogP contribution in [0.3, 0.4) is 0 Å². The Hall–Kier alpha value is -3.67. The van der Waals surface area contributed by atoms with Crippen LogP contribution in [0.1, 0.15) is 201 Å². The lowest BCUT2D eigenvalue weighted by molar-refractivity contribution is -0.166. The number of hydrogen-bond acceptors (Lipinski definition) is 6. The van der Waals surface area contributed by atoms with Crippen molar-refractivity contribution >= 4 is 17.9 Å². The average molecular weight is 819 g/mol. The molecule has 6 heteroatoms. The molecule has 0 saturated heterocycles. The number of esters is 3. The van der Waals surface area contributed by atoms with Gasteiger partial charge in [0.25, 0.3) is 0 Å². The van der Waals surface area contributed by atoms with Crippen molar-refractivity contribution in [1.82, 2.24) is 0 Å². The maximum absolute atomic E-state index is 12.7. The number of rotatable bonds is 41. The standard InChI is InChI=1S/C53H86O6/c1-4-7-10-13-16-19-22-23-24-25-26-27-28-29-32-34-37-40-43-46-52(55)58-49-50(59-53(56)47-44-41-38-35-31-21-18-15-12-9-6-3)48-57-51(54)45-42-39-36-33-30-20-17-14-11-8-5-2/h7,10,14-19,23-24,26-27,29,32,37,40,50H,4-6,8-9,11-13,20-22,25,28,30-31,33-36,38-39,41-49H2,1-3H3/b10-7-,17-14-,18-15-,19-16-,24-23-,27-26-,32-29-,40-37-/t50-/m1/s1. The van der Waals surface area contributed by atoms with Crippen molar-refractivity contribution in [2.45, 2.75) is 207 Å². The Morgan fingerprint density at radius 1 is 0.356 bits per heavy atom. The first-order valence-corrected chi connectivity index (χ1v) is 23.7. The third kappa shape index (κ3) is 45.3. The van der Waals surface area contributed by atoms with Gasteiger partial charge < -0.3 is 14.2 Å². The van der Waals surface area contributed by atoms with E-state index in [2.05, 4.69) is 106 Å². The van der Waals surface area contributed by atoms with Crippen LogP contribution in [0.4, 0.5) is 0 Å². The van der Waals surface area contributed by atoms with E-state index in [4.69, 9.17) is 14.2 Å². The Labute approximate surface area is 362 Å². The first-order valence-electron chi connectivity index (χ1n) is 23.7. The highest BCUT2D eigenvalue weighted by Crippen LogP contribution is 2.12. The summed E-state index contributed by atoms with van der Waals surface area (Å²) >= 11 is 0. The summed E-state index contributed by atoms with van der Waals surface area (Å²) in [6.45, 7) is 6.34. The highest BCUT2D eigenvalue weighted by molar-refractivity contribution is 5.71. The Morgan fingerprint density at radius 3 is 1.14 bits per heavy atom. The Kier molecular flexibility index (Phi) is 44.1. The minimum Gasteiger partial charge on any atom is -0.462 e. The van der Waals surface area contributed by atoms with Gasteiger partial charge in [0.05, 0.1) is 0 Å². The van der Waals surface area contributed by atoms with Gasteiger partial charge in [-0.05, 0) is 96.3 Å². The molecule has 1 atom stereocenters. The SMILES string of the molecule is CC/C=C\C/C=C\C/C=C\C/C=C\C/C=C\C/C=C\CCC(=O)OC[C@@H](COC(=O)CCCCCCC/C=C\CCCC)OC(=O)CCCCCCC/C=C\CCCC. The fourth-order valence-corrected chi connectivity index (χ4v) is 5.96. The van der Waals surface area contributed by atoms with E-state index in [9.17, 15) is 14.4 Å². The molecule has 59 heavy (non-hydrogen) atoms. The van der Waals surface area contributed by atoms with E-state index in [1.54, 1.807) is 0 Å². The number of ether oxygens (including phenoxy) is 3. The molecule has 0 aromatic rings. The Morgan fingerprint density at radius 2 is 0.695 bits per heavy atom. The van der Waals surface area contributed by atoms with Crippen molar-refractivity contribution < 1.29 is 28.6 Å². The third-order valence-corrected chi connectivity index (χ3v) is 9.56. The minimum atomic E-state index is -0.814. The van der Waals surface area contributed by atoms with Crippen molar-refractivity contribution in [1.29, 1.82) is 0 Å². The summed E-state index contributed by atoms with van der Waals surface area (Å²) in [7, 11) is 0. The number of carbonyl (C=O) groups is 3. The molecule has 0 aliphatic rings. The Bertz CT molecular complexity index is 1220. The van der Waals surface area contributed by atoms with Crippen LogP contribution in [0.5, 0.6) is 0 Å². The van der Waals surface area contributed by atoms with E-state index in [0.717, 1.165) is 103 Å². The van der Waals surface area contributed by atoms with E-state index in [1.807, 2.05) is 12.2 Å². The summed E-state index contributed by atoms with van der Waals surface area (Å²) in [5.74, 6) is -1.03. The molecule has 0 radical (unpaired) electrons. The topological polar surface area (TPSA) is 78.9 Å². The second-order valence-electron chi connectivity index (χ2n) is 15.3. The molecule has 0 aliphatic carbocycles. The van der Waals surface area contributed by atoms with Crippen LogP contribution in [0.25, 0.3) is 0 Å². The summed E-state index contributed by atoms with van der Waals surface area (Å²) in [5.41, 5.74) is 0. The molecule has 0 saturated carbocycles. The van der Waals surface area contributed by atoms with Gasteiger partial charge in [-0.15, -0.1) is 0 Å². The first kappa shape index (κ1) is 55.3. The second kappa shape index (κ2) is 47.0. The lowest BCUT2D eigenvalue weighted by atomic mass is 10.1. The molecule has 0 aromatic carbocycles. The molecular formula is C53H86O6. The van der Waals surface area contributed by atoms with E-state index in [0.29, 0.717) is 19.3 Å². The zero-order chi connectivity index (χ0) is 43.0. The maximum Gasteiger partial charge on any atom is 0.306 e. The fourth-order valence-electron chi connectivity index (χ4n) is 5.96. The quantitative estimate of drug-likeness (QED) is 0.0265. The molecule has 0 heterocycles. The molecule has 6 nitrogen and oxygen atoms in total. The lowest BCUT2D eigenvalue weighted by Gasteiger charge is -2.18. The van der Waals surface area contributed by atoms with Crippen LogP contribution >= 0.6 is 0 Å². The molecular weight excluding hydrogens is 733 g/mol. The smallest absolute Gasteiger partial charge is 0.306 e. The highest BCUT2D eigenvalue weighted by Gasteiger charge is 2.19. The van der Waals surface area contributed by atoms with Crippen molar-refractivity contribution in [3.8, 4) is 0 Å². The van der Waals surface area contributed by atoms with E-state index in [-0.39, 0.29) is 37.5 Å². The molecule has 0 unspecified atom stereocenters. The summed E-state index contributed by atoms with van der Waals surface area (Å²) in [6.07, 6.45) is 61.2. The van der Waals surface area contributed by atoms with Gasteiger partial charge in [0.1, 0.15) is 13.2 Å². The largest absolute Gasteiger partial charge is 0.462 e. The summed E-state index contributed by atoms with van der Waals surface area (Å²) in [6, 6.07) is 0. The fraction of sp³-hybridized carbons (Fsp3) is 0.642. The van der Waals surface area contributed by atoms with Gasteiger partial charge >= 0.3 is 17.9 Å². The van der Waals surface area contributed by atoms with Gasteiger partial charge in [-0.1, -0.05) is 182 Å². The van der Waals surface area contributed by atoms with Crippen molar-refractivity contribution in [3.63, 3.8) is 0 Å². The molecule has 0 bridgehead atoms. The van der Waals surface area contributed by atoms with Gasteiger partial charge in [0.15, 0.2) is 6.10 Å². The molecule has 334 valence electrons. The maximum atomic E-state index is 12.7. The zero-order valence-corrected chi connectivity index (χ0v) is 38.0. The zero-order valence-electron chi connectivity index (χ0n) is 38.0. The van der Waals surface area contributed by atoms with Gasteiger partial charge in [-0.3, -0.25) is 14.4 Å². The number of allylic oxidation sites excluding steroid dienone is 16. The molecule has 0 aromatic heterocycles. The van der Waals surface area contributed by atoms with Crippen molar-refractivity contribution in [2.75, 3.05) is 13.2 Å². The molecule has 0 amide bonds. The van der Waals surface area contributed by atoms with E-state index < -0.39 is 6.10 Å². The summed E-state index contributed by atoms with van der Waals surface area (Å²) < 4.78 is 16.6. The van der Waals surface area contributed by atoms with Crippen LogP contribution in [0.2, 0.25) is 0 Å². The van der Waals surface area contributed by atoms with Crippen LogP contribution in [0.15, 0.2) is 97.2 Å². The van der Waals surface area contributed by atoms with Crippen LogP contribution in [-0.4, -0.2) is 37.2 Å². The van der Waals surface area contributed by atoms with Gasteiger partial charge in [0, 0.05) is 19.3 Å². The van der Waals surface area contributed by atoms with Crippen LogP contribution in [-0.2, 0) is 28.6 Å². The normalized spacial score (nSPS) is 12.9. The third-order valence-electron chi connectivity index (χ3n) is 9.56. The second-order valence-corrected chi connectivity index (χ2v) is 15.3. The van der Waals surface area contributed by atoms with Crippen molar-refractivity contribution in [3.05, 3.63) is 97.2 Å². The number of carbonyl (C=O) groups excluding carboxylic acids is 3. The van der Waals surface area contributed by atoms with Crippen LogP contribution < -0.4 is 0 Å². The van der Waals surface area contributed by atoms with Crippen molar-refractivity contribution in [2.24, 2.45) is 0 Å². The monoisotopic (exact) mass is 819 g/mol. The predicted molar refractivity (Wildman–Crippen MR) is 251 cm³/mol. The summed E-state index contributed by atoms with van der Waals surface area (Å²) in [4.78, 5) is 37.7. The molecule has 0 N–H and O–H groups in total. The summed E-state index contributed by atoms with van der Waals surface area (Å²) in [5, 5.41) is 0. The van der Waals surface area contributed by atoms with Gasteiger partial charge in [-0.25, -0.2) is 0 Å². The average Bonchev–Trinajstić information content (AvgIpc) is 3.23. The molecule has 0 spiro atoms. The van der Waals surface area contributed by atoms with E-state index >= 15 is 0 Å². The highest BCUT2D eigenvalue weighted by atomic mass is 16.6.